The standard InChI is InChI=1S/C19H19N3O4/c1-11(21-18(24)14-6-9-16(19(25)26)20-10-14)12-4-7-15(8-5-12)22-17(23)13-2-3-13/h4-11,13H,2-3H2,1H3,(H,21,24)(H,22,23)(H,25,26). The topological polar surface area (TPSA) is 108 Å². The molecule has 1 aromatic heterocycles. The summed E-state index contributed by atoms with van der Waals surface area (Å²) in [5, 5.41) is 14.5. The summed E-state index contributed by atoms with van der Waals surface area (Å²) in [5.41, 5.74) is 1.80. The fourth-order valence-corrected chi connectivity index (χ4v) is 2.46. The van der Waals surface area contributed by atoms with E-state index in [4.69, 9.17) is 5.11 Å². The SMILES string of the molecule is CC(NC(=O)c1ccc(C(=O)O)nc1)c1ccc(NC(=O)C2CC2)cc1. The van der Waals surface area contributed by atoms with Crippen LogP contribution in [0.1, 0.15) is 52.2 Å². The molecule has 1 heterocycles. The summed E-state index contributed by atoms with van der Waals surface area (Å²) in [7, 11) is 0. The van der Waals surface area contributed by atoms with Crippen molar-refractivity contribution in [3.05, 3.63) is 59.4 Å². The maximum absolute atomic E-state index is 12.2. The maximum Gasteiger partial charge on any atom is 0.354 e. The van der Waals surface area contributed by atoms with Gasteiger partial charge in [0.05, 0.1) is 11.6 Å². The predicted molar refractivity (Wildman–Crippen MR) is 94.9 cm³/mol. The van der Waals surface area contributed by atoms with E-state index in [1.807, 2.05) is 31.2 Å². The van der Waals surface area contributed by atoms with Gasteiger partial charge in [0.25, 0.3) is 5.91 Å². The van der Waals surface area contributed by atoms with Gasteiger partial charge in [-0.3, -0.25) is 9.59 Å². The molecule has 1 fully saturated rings. The van der Waals surface area contributed by atoms with Crippen LogP contribution in [0.3, 0.4) is 0 Å². The molecule has 7 heteroatoms. The fraction of sp³-hybridized carbons (Fsp3) is 0.263. The minimum Gasteiger partial charge on any atom is -0.477 e. The van der Waals surface area contributed by atoms with Crippen LogP contribution < -0.4 is 10.6 Å². The average molecular weight is 353 g/mol. The Hall–Kier alpha value is -3.22. The first-order chi connectivity index (χ1) is 12.4. The summed E-state index contributed by atoms with van der Waals surface area (Å²) in [5.74, 6) is -1.28. The van der Waals surface area contributed by atoms with Crippen molar-refractivity contribution in [3.8, 4) is 0 Å². The summed E-state index contributed by atoms with van der Waals surface area (Å²) < 4.78 is 0. The molecule has 134 valence electrons. The Labute approximate surface area is 150 Å². The molecule has 2 amide bonds. The normalized spacial score (nSPS) is 14.3. The zero-order valence-corrected chi connectivity index (χ0v) is 14.2. The van der Waals surface area contributed by atoms with Crippen molar-refractivity contribution in [1.29, 1.82) is 0 Å². The van der Waals surface area contributed by atoms with E-state index in [-0.39, 0.29) is 35.0 Å². The van der Waals surface area contributed by atoms with E-state index in [1.54, 1.807) is 0 Å². The molecule has 7 nitrogen and oxygen atoms in total. The van der Waals surface area contributed by atoms with Crippen LogP contribution in [0, 0.1) is 5.92 Å². The van der Waals surface area contributed by atoms with Gasteiger partial charge in [0, 0.05) is 17.8 Å². The quantitative estimate of drug-likeness (QED) is 0.740. The third-order valence-electron chi connectivity index (χ3n) is 4.22. The van der Waals surface area contributed by atoms with Crippen LogP contribution in [0.2, 0.25) is 0 Å². The first-order valence-electron chi connectivity index (χ1n) is 8.35. The molecule has 0 spiro atoms. The van der Waals surface area contributed by atoms with Gasteiger partial charge in [-0.1, -0.05) is 12.1 Å². The van der Waals surface area contributed by atoms with Gasteiger partial charge in [0.1, 0.15) is 5.69 Å². The number of benzene rings is 1. The third-order valence-corrected chi connectivity index (χ3v) is 4.22. The third kappa shape index (κ3) is 4.24. The molecule has 3 N–H and O–H groups in total. The van der Waals surface area contributed by atoms with Crippen molar-refractivity contribution < 1.29 is 19.5 Å². The van der Waals surface area contributed by atoms with Crippen LogP contribution in [0.5, 0.6) is 0 Å². The number of carbonyl (C=O) groups excluding carboxylic acids is 2. The summed E-state index contributed by atoms with van der Waals surface area (Å²) in [6.07, 6.45) is 3.15. The number of aromatic carboxylic acids is 1. The molecule has 1 unspecified atom stereocenters. The minimum absolute atomic E-state index is 0.0522. The van der Waals surface area contributed by atoms with Gasteiger partial charge in [0.2, 0.25) is 5.91 Å². The molecule has 1 aliphatic carbocycles. The van der Waals surface area contributed by atoms with Crippen molar-refractivity contribution >= 4 is 23.5 Å². The fourth-order valence-electron chi connectivity index (χ4n) is 2.46. The van der Waals surface area contributed by atoms with Gasteiger partial charge in [-0.2, -0.15) is 0 Å². The molecule has 2 aromatic rings. The van der Waals surface area contributed by atoms with Gasteiger partial charge in [-0.05, 0) is 49.6 Å². The Morgan fingerprint density at radius 1 is 1.12 bits per heavy atom. The molecule has 0 radical (unpaired) electrons. The van der Waals surface area contributed by atoms with Crippen LogP contribution in [0.25, 0.3) is 0 Å². The molecular formula is C19H19N3O4. The van der Waals surface area contributed by atoms with E-state index in [1.165, 1.54) is 18.3 Å². The Morgan fingerprint density at radius 2 is 1.81 bits per heavy atom. The van der Waals surface area contributed by atoms with Crippen LogP contribution in [0.15, 0.2) is 42.6 Å². The monoisotopic (exact) mass is 353 g/mol. The lowest BCUT2D eigenvalue weighted by Crippen LogP contribution is -2.26. The van der Waals surface area contributed by atoms with Crippen LogP contribution in [-0.2, 0) is 4.79 Å². The van der Waals surface area contributed by atoms with Gasteiger partial charge in [-0.25, -0.2) is 9.78 Å². The number of carboxylic acid groups (broad SMARTS) is 1. The second kappa shape index (κ2) is 7.35. The van der Waals surface area contributed by atoms with E-state index >= 15 is 0 Å². The Bertz CT molecular complexity index is 827. The van der Waals surface area contributed by atoms with Crippen molar-refractivity contribution in [2.75, 3.05) is 5.32 Å². The number of nitrogens with one attached hydrogen (secondary N) is 2. The first kappa shape index (κ1) is 17.6. The van der Waals surface area contributed by atoms with E-state index in [9.17, 15) is 14.4 Å². The molecule has 0 aliphatic heterocycles. The Balaban J connectivity index is 1.59. The highest BCUT2D eigenvalue weighted by Gasteiger charge is 2.29. The number of aromatic nitrogens is 1. The van der Waals surface area contributed by atoms with E-state index in [2.05, 4.69) is 15.6 Å². The highest BCUT2D eigenvalue weighted by molar-refractivity contribution is 5.95. The zero-order valence-electron chi connectivity index (χ0n) is 14.2. The second-order valence-corrected chi connectivity index (χ2v) is 6.32. The lowest BCUT2D eigenvalue weighted by molar-refractivity contribution is -0.117. The summed E-state index contributed by atoms with van der Waals surface area (Å²) in [6, 6.07) is 9.77. The molecule has 3 rings (SSSR count). The van der Waals surface area contributed by atoms with E-state index in [0.717, 1.165) is 24.1 Å². The lowest BCUT2D eigenvalue weighted by Gasteiger charge is -2.15. The lowest BCUT2D eigenvalue weighted by atomic mass is 10.1. The number of anilines is 1. The summed E-state index contributed by atoms with van der Waals surface area (Å²) in [4.78, 5) is 38.5. The van der Waals surface area contributed by atoms with Gasteiger partial charge in [-0.15, -0.1) is 0 Å². The van der Waals surface area contributed by atoms with Crippen molar-refractivity contribution in [3.63, 3.8) is 0 Å². The molecule has 1 saturated carbocycles. The highest BCUT2D eigenvalue weighted by atomic mass is 16.4. The number of carboxylic acids is 1. The predicted octanol–water partition coefficient (Wildman–Crippen LogP) is 2.62. The molecule has 1 aromatic carbocycles. The molecular weight excluding hydrogens is 334 g/mol. The number of carbonyl (C=O) groups is 3. The smallest absolute Gasteiger partial charge is 0.354 e. The maximum atomic E-state index is 12.2. The minimum atomic E-state index is -1.14. The van der Waals surface area contributed by atoms with Gasteiger partial charge >= 0.3 is 5.97 Å². The van der Waals surface area contributed by atoms with Crippen molar-refractivity contribution in [1.82, 2.24) is 10.3 Å². The van der Waals surface area contributed by atoms with Crippen LogP contribution in [0.4, 0.5) is 5.69 Å². The van der Waals surface area contributed by atoms with E-state index < -0.39 is 5.97 Å². The Kier molecular flexibility index (Phi) is 4.97. The average Bonchev–Trinajstić information content (AvgIpc) is 3.47. The highest BCUT2D eigenvalue weighted by Crippen LogP contribution is 2.30. The zero-order chi connectivity index (χ0) is 18.7. The number of amides is 2. The number of hydrogen-bond donors (Lipinski definition) is 3. The molecule has 26 heavy (non-hydrogen) atoms. The van der Waals surface area contributed by atoms with Crippen molar-refractivity contribution in [2.24, 2.45) is 5.92 Å². The first-order valence-corrected chi connectivity index (χ1v) is 8.35. The van der Waals surface area contributed by atoms with Gasteiger partial charge in [0.15, 0.2) is 0 Å². The molecule has 1 aliphatic rings. The molecule has 1 atom stereocenters. The Morgan fingerprint density at radius 3 is 2.35 bits per heavy atom. The number of pyridine rings is 1. The van der Waals surface area contributed by atoms with Crippen LogP contribution >= 0.6 is 0 Å². The molecule has 0 bridgehead atoms. The summed E-state index contributed by atoms with van der Waals surface area (Å²) in [6.45, 7) is 1.84. The number of nitrogens with zero attached hydrogens (tertiary/aromatic N) is 1. The van der Waals surface area contributed by atoms with Crippen LogP contribution in [-0.4, -0.2) is 27.9 Å². The largest absolute Gasteiger partial charge is 0.477 e. The second-order valence-electron chi connectivity index (χ2n) is 6.32. The number of hydrogen-bond acceptors (Lipinski definition) is 4. The van der Waals surface area contributed by atoms with Gasteiger partial charge < -0.3 is 15.7 Å². The van der Waals surface area contributed by atoms with Crippen molar-refractivity contribution in [2.45, 2.75) is 25.8 Å². The summed E-state index contributed by atoms with van der Waals surface area (Å²) >= 11 is 0. The van der Waals surface area contributed by atoms with E-state index in [0.29, 0.717) is 0 Å². The molecule has 0 saturated heterocycles. The number of rotatable bonds is 6.